The van der Waals surface area contributed by atoms with Gasteiger partial charge in [-0.15, -0.1) is 0 Å². The highest BCUT2D eigenvalue weighted by Gasteiger charge is 2.43. The number of urea groups is 1. The monoisotopic (exact) mass is 416 g/mol. The summed E-state index contributed by atoms with van der Waals surface area (Å²) in [6.45, 7) is 8.18. The molecular formula is C24H24N4O3. The second kappa shape index (κ2) is 7.47. The van der Waals surface area contributed by atoms with E-state index in [0.29, 0.717) is 52.5 Å². The topological polar surface area (TPSA) is 94.5 Å². The summed E-state index contributed by atoms with van der Waals surface area (Å²) in [5.41, 5.74) is 3.50. The molecule has 4 rings (SSSR count). The Hall–Kier alpha value is -3.79. The lowest BCUT2D eigenvalue weighted by atomic mass is 9.90. The summed E-state index contributed by atoms with van der Waals surface area (Å²) < 4.78 is 6.25. The average Bonchev–Trinajstić information content (AvgIpc) is 3.06. The van der Waals surface area contributed by atoms with Gasteiger partial charge in [0.25, 0.3) is 5.91 Å². The summed E-state index contributed by atoms with van der Waals surface area (Å²) in [5, 5.41) is 15.2. The van der Waals surface area contributed by atoms with Gasteiger partial charge in [-0.25, -0.2) is 4.79 Å². The minimum Gasteiger partial charge on any atom is -0.481 e. The molecule has 0 atom stereocenters. The number of nitrogens with zero attached hydrogens (tertiary/aromatic N) is 2. The van der Waals surface area contributed by atoms with Crippen molar-refractivity contribution in [2.45, 2.75) is 39.8 Å². The van der Waals surface area contributed by atoms with Gasteiger partial charge in [0.15, 0.2) is 0 Å². The van der Waals surface area contributed by atoms with E-state index in [9.17, 15) is 14.9 Å². The zero-order chi connectivity index (χ0) is 22.3. The minimum atomic E-state index is -0.914. The molecule has 0 bridgehead atoms. The molecule has 2 aromatic rings. The summed E-state index contributed by atoms with van der Waals surface area (Å²) >= 11 is 0. The Kier molecular flexibility index (Phi) is 4.94. The van der Waals surface area contributed by atoms with Crippen LogP contribution in [0, 0.1) is 18.3 Å². The molecule has 0 radical (unpaired) electrons. The van der Waals surface area contributed by atoms with E-state index >= 15 is 0 Å². The van der Waals surface area contributed by atoms with Gasteiger partial charge in [0.1, 0.15) is 11.4 Å². The van der Waals surface area contributed by atoms with Crippen molar-refractivity contribution >= 4 is 17.6 Å². The number of carbonyl (C=O) groups excluding carboxylic acids is 2. The minimum absolute atomic E-state index is 0.147. The van der Waals surface area contributed by atoms with Crippen molar-refractivity contribution in [2.24, 2.45) is 0 Å². The van der Waals surface area contributed by atoms with Gasteiger partial charge in [0, 0.05) is 17.7 Å². The lowest BCUT2D eigenvalue weighted by molar-refractivity contribution is 0.0840. The van der Waals surface area contributed by atoms with Crippen LogP contribution in [-0.2, 0) is 6.54 Å². The van der Waals surface area contributed by atoms with Crippen LogP contribution in [0.2, 0.25) is 0 Å². The SMILES string of the molecule is CCNC(=O)NC1=C(N2Cc3ccccc3C2=O)c2c(ccc(C#N)c2C)OC1(C)C. The normalized spacial score (nSPS) is 16.2. The molecule has 0 spiro atoms. The molecule has 158 valence electrons. The van der Waals surface area contributed by atoms with Crippen LogP contribution in [0.1, 0.15) is 53.4 Å². The Bertz CT molecular complexity index is 1170. The van der Waals surface area contributed by atoms with Gasteiger partial charge in [-0.2, -0.15) is 5.26 Å². The number of hydrogen-bond donors (Lipinski definition) is 2. The number of fused-ring (bicyclic) bond motifs is 2. The number of carbonyl (C=O) groups is 2. The fourth-order valence-corrected chi connectivity index (χ4v) is 4.16. The molecule has 0 saturated heterocycles. The fourth-order valence-electron chi connectivity index (χ4n) is 4.16. The van der Waals surface area contributed by atoms with E-state index < -0.39 is 5.60 Å². The van der Waals surface area contributed by atoms with E-state index in [1.165, 1.54) is 0 Å². The number of rotatable bonds is 3. The highest BCUT2D eigenvalue weighted by atomic mass is 16.5. The second-order valence-electron chi connectivity index (χ2n) is 8.09. The number of nitriles is 1. The quantitative estimate of drug-likeness (QED) is 0.798. The third-order valence-electron chi connectivity index (χ3n) is 5.66. The summed E-state index contributed by atoms with van der Waals surface area (Å²) in [5.74, 6) is 0.424. The van der Waals surface area contributed by atoms with Crippen molar-refractivity contribution in [3.05, 3.63) is 69.9 Å². The van der Waals surface area contributed by atoms with E-state index in [4.69, 9.17) is 4.74 Å². The molecule has 2 aliphatic rings. The maximum absolute atomic E-state index is 13.4. The van der Waals surface area contributed by atoms with Gasteiger partial charge >= 0.3 is 6.03 Å². The highest BCUT2D eigenvalue weighted by Crippen LogP contribution is 2.45. The van der Waals surface area contributed by atoms with Crippen LogP contribution in [0.4, 0.5) is 4.79 Å². The highest BCUT2D eigenvalue weighted by molar-refractivity contribution is 6.05. The Morgan fingerprint density at radius 2 is 2.00 bits per heavy atom. The summed E-state index contributed by atoms with van der Waals surface area (Å²) in [7, 11) is 0. The number of hydrogen-bond acceptors (Lipinski definition) is 4. The van der Waals surface area contributed by atoms with Crippen LogP contribution in [0.25, 0.3) is 5.70 Å². The van der Waals surface area contributed by atoms with Gasteiger partial charge in [0.2, 0.25) is 0 Å². The van der Waals surface area contributed by atoms with Crippen molar-refractivity contribution in [2.75, 3.05) is 6.54 Å². The van der Waals surface area contributed by atoms with E-state index in [0.717, 1.165) is 5.56 Å². The molecule has 2 aromatic carbocycles. The average molecular weight is 416 g/mol. The molecule has 0 unspecified atom stereocenters. The van der Waals surface area contributed by atoms with Gasteiger partial charge in [-0.1, -0.05) is 18.2 Å². The molecule has 2 N–H and O–H groups in total. The number of ether oxygens (including phenoxy) is 1. The predicted octanol–water partition coefficient (Wildman–Crippen LogP) is 3.68. The first-order valence-corrected chi connectivity index (χ1v) is 10.2. The Labute approximate surface area is 181 Å². The lowest BCUT2D eigenvalue weighted by Gasteiger charge is -2.40. The number of nitrogens with one attached hydrogen (secondary N) is 2. The van der Waals surface area contributed by atoms with Gasteiger partial charge in [0.05, 0.1) is 29.6 Å². The van der Waals surface area contributed by atoms with Crippen LogP contribution >= 0.6 is 0 Å². The van der Waals surface area contributed by atoms with Crippen LogP contribution in [-0.4, -0.2) is 29.0 Å². The first-order valence-electron chi connectivity index (χ1n) is 10.2. The van der Waals surface area contributed by atoms with E-state index in [2.05, 4.69) is 16.7 Å². The van der Waals surface area contributed by atoms with Gasteiger partial charge in [-0.05, 0) is 57.0 Å². The number of amides is 3. The van der Waals surface area contributed by atoms with Gasteiger partial charge in [-0.3, -0.25) is 4.79 Å². The molecule has 31 heavy (non-hydrogen) atoms. The Balaban J connectivity index is 1.97. The third kappa shape index (κ3) is 3.30. The molecule has 0 aromatic heterocycles. The van der Waals surface area contributed by atoms with Crippen LogP contribution in [0.15, 0.2) is 42.1 Å². The molecule has 7 nitrogen and oxygen atoms in total. The fraction of sp³-hybridized carbons (Fsp3) is 0.292. The van der Waals surface area contributed by atoms with Crippen LogP contribution < -0.4 is 15.4 Å². The van der Waals surface area contributed by atoms with E-state index in [1.54, 1.807) is 23.1 Å². The van der Waals surface area contributed by atoms with Crippen molar-refractivity contribution < 1.29 is 14.3 Å². The maximum Gasteiger partial charge on any atom is 0.319 e. The first-order chi connectivity index (χ1) is 14.8. The molecule has 2 heterocycles. The van der Waals surface area contributed by atoms with E-state index in [1.807, 2.05) is 45.9 Å². The van der Waals surface area contributed by atoms with Crippen molar-refractivity contribution in [3.8, 4) is 11.8 Å². The van der Waals surface area contributed by atoms with Crippen molar-refractivity contribution in [3.63, 3.8) is 0 Å². The first kappa shape index (κ1) is 20.5. The van der Waals surface area contributed by atoms with Crippen molar-refractivity contribution in [1.29, 1.82) is 5.26 Å². The zero-order valence-electron chi connectivity index (χ0n) is 18.0. The smallest absolute Gasteiger partial charge is 0.319 e. The molecule has 0 fully saturated rings. The third-order valence-corrected chi connectivity index (χ3v) is 5.66. The summed E-state index contributed by atoms with van der Waals surface area (Å²) in [4.78, 5) is 27.6. The van der Waals surface area contributed by atoms with Crippen molar-refractivity contribution in [1.82, 2.24) is 15.5 Å². The summed E-state index contributed by atoms with van der Waals surface area (Å²) in [6.07, 6.45) is 0. The lowest BCUT2D eigenvalue weighted by Crippen LogP contribution is -2.48. The summed E-state index contributed by atoms with van der Waals surface area (Å²) in [6, 6.07) is 12.7. The van der Waals surface area contributed by atoms with E-state index in [-0.39, 0.29) is 11.9 Å². The largest absolute Gasteiger partial charge is 0.481 e. The molecule has 0 saturated carbocycles. The van der Waals surface area contributed by atoms with Crippen LogP contribution in [0.5, 0.6) is 5.75 Å². The van der Waals surface area contributed by atoms with Gasteiger partial charge < -0.3 is 20.3 Å². The Morgan fingerprint density at radius 3 is 2.68 bits per heavy atom. The Morgan fingerprint density at radius 1 is 1.26 bits per heavy atom. The molecule has 2 aliphatic heterocycles. The zero-order valence-corrected chi connectivity index (χ0v) is 18.0. The maximum atomic E-state index is 13.4. The van der Waals surface area contributed by atoms with Crippen LogP contribution in [0.3, 0.4) is 0 Å². The molecule has 7 heteroatoms. The molecule has 3 amide bonds. The predicted molar refractivity (Wildman–Crippen MR) is 116 cm³/mol. The molecular weight excluding hydrogens is 392 g/mol. The second-order valence-corrected chi connectivity index (χ2v) is 8.09. The standard InChI is InChI=1S/C24H24N4O3/c1-5-26-23(30)27-21-20(28-13-16-8-6-7-9-17(16)22(28)29)19-14(2)15(12-25)10-11-18(19)31-24(21,3)4/h6-11H,5,13H2,1-4H3,(H2,26,27,30). The number of benzene rings is 2. The molecule has 0 aliphatic carbocycles.